The molecule has 0 spiro atoms. The standard InChI is InChI=1S/C28H32N2O8S/c1-34-21-11-13-23(14-12-21)39(32,33)38-27-17-20(10-15-26(27)36-3)18-30(19-22-7-6-16-37-22)28(31)29-24-8-4-5-9-25(24)35-2/h4-5,8-15,17,22H,6-7,16,18-19H2,1-3H3,(H,29,31)/t22-/m1/s1. The summed E-state index contributed by atoms with van der Waals surface area (Å²) in [6.45, 7) is 1.17. The first kappa shape index (κ1) is 28.1. The lowest BCUT2D eigenvalue weighted by molar-refractivity contribution is 0.0819. The van der Waals surface area contributed by atoms with Gasteiger partial charge >= 0.3 is 16.1 Å². The van der Waals surface area contributed by atoms with E-state index in [1.807, 2.05) is 6.07 Å². The van der Waals surface area contributed by atoms with Crippen LogP contribution in [0.3, 0.4) is 0 Å². The molecule has 0 aromatic heterocycles. The van der Waals surface area contributed by atoms with E-state index in [0.29, 0.717) is 35.9 Å². The normalized spacial score (nSPS) is 14.9. The Kier molecular flexibility index (Phi) is 9.15. The second kappa shape index (κ2) is 12.7. The molecule has 0 aliphatic carbocycles. The van der Waals surface area contributed by atoms with Crippen molar-refractivity contribution in [2.24, 2.45) is 0 Å². The SMILES string of the molecule is COc1ccc(S(=O)(=O)Oc2cc(CN(C[C@H]3CCCO3)C(=O)Nc3ccccc3OC)ccc2OC)cc1. The Balaban J connectivity index is 1.58. The van der Waals surface area contributed by atoms with Crippen LogP contribution in [0.15, 0.2) is 71.6 Å². The minimum absolute atomic E-state index is 0.00743. The largest absolute Gasteiger partial charge is 0.497 e. The van der Waals surface area contributed by atoms with Gasteiger partial charge in [0.25, 0.3) is 0 Å². The summed E-state index contributed by atoms with van der Waals surface area (Å²) in [5.41, 5.74) is 1.18. The molecule has 11 heteroatoms. The first-order valence-electron chi connectivity index (χ1n) is 12.4. The van der Waals surface area contributed by atoms with Gasteiger partial charge in [-0.2, -0.15) is 8.42 Å². The van der Waals surface area contributed by atoms with E-state index in [2.05, 4.69) is 5.32 Å². The topological polar surface area (TPSA) is 113 Å². The monoisotopic (exact) mass is 556 g/mol. The average molecular weight is 557 g/mol. The molecule has 208 valence electrons. The molecule has 0 bridgehead atoms. The maximum atomic E-state index is 13.4. The van der Waals surface area contributed by atoms with E-state index >= 15 is 0 Å². The van der Waals surface area contributed by atoms with Crippen LogP contribution in [0.1, 0.15) is 18.4 Å². The van der Waals surface area contributed by atoms with Gasteiger partial charge in [0.1, 0.15) is 16.4 Å². The summed E-state index contributed by atoms with van der Waals surface area (Å²) in [6, 6.07) is 17.6. The van der Waals surface area contributed by atoms with Crippen LogP contribution >= 0.6 is 0 Å². The Hall–Kier alpha value is -3.96. The van der Waals surface area contributed by atoms with E-state index in [9.17, 15) is 13.2 Å². The van der Waals surface area contributed by atoms with Crippen molar-refractivity contribution in [3.8, 4) is 23.0 Å². The summed E-state index contributed by atoms with van der Waals surface area (Å²) in [5, 5.41) is 2.91. The Bertz CT molecular complexity index is 1370. The number of methoxy groups -OCH3 is 3. The lowest BCUT2D eigenvalue weighted by Crippen LogP contribution is -2.39. The number of urea groups is 1. The van der Waals surface area contributed by atoms with Gasteiger partial charge in [0.2, 0.25) is 0 Å². The Morgan fingerprint density at radius 1 is 0.949 bits per heavy atom. The summed E-state index contributed by atoms with van der Waals surface area (Å²) in [5.74, 6) is 1.30. The van der Waals surface area contributed by atoms with Crippen LogP contribution < -0.4 is 23.7 Å². The third kappa shape index (κ3) is 7.12. The van der Waals surface area contributed by atoms with E-state index in [-0.39, 0.29) is 35.1 Å². The molecule has 1 aliphatic heterocycles. The number of carbonyl (C=O) groups excluding carboxylic acids is 1. The van der Waals surface area contributed by atoms with Gasteiger partial charge in [0, 0.05) is 19.7 Å². The number of para-hydroxylation sites is 2. The highest BCUT2D eigenvalue weighted by atomic mass is 32.2. The van der Waals surface area contributed by atoms with E-state index in [1.165, 1.54) is 45.6 Å². The van der Waals surface area contributed by atoms with Gasteiger partial charge in [-0.05, 0) is 66.9 Å². The van der Waals surface area contributed by atoms with Crippen LogP contribution in [-0.2, 0) is 21.4 Å². The molecule has 3 aromatic rings. The second-order valence-electron chi connectivity index (χ2n) is 8.84. The zero-order valence-corrected chi connectivity index (χ0v) is 22.9. The maximum absolute atomic E-state index is 13.4. The van der Waals surface area contributed by atoms with Gasteiger partial charge in [0.15, 0.2) is 11.5 Å². The molecule has 39 heavy (non-hydrogen) atoms. The Morgan fingerprint density at radius 2 is 1.69 bits per heavy atom. The number of nitrogens with one attached hydrogen (secondary N) is 1. The molecule has 1 atom stereocenters. The molecular formula is C28H32N2O8S. The fraction of sp³-hybridized carbons (Fsp3) is 0.321. The smallest absolute Gasteiger partial charge is 0.339 e. The fourth-order valence-corrected chi connectivity index (χ4v) is 5.14. The predicted octanol–water partition coefficient (Wildman–Crippen LogP) is 4.69. The third-order valence-corrected chi connectivity index (χ3v) is 7.48. The number of nitrogens with zero attached hydrogens (tertiary/aromatic N) is 1. The number of hydrogen-bond donors (Lipinski definition) is 1. The predicted molar refractivity (Wildman–Crippen MR) is 145 cm³/mol. The molecule has 1 N–H and O–H groups in total. The van der Waals surface area contributed by atoms with Crippen LogP contribution in [0.5, 0.6) is 23.0 Å². The Labute approximate surface area is 228 Å². The molecule has 1 saturated heterocycles. The molecule has 0 radical (unpaired) electrons. The highest BCUT2D eigenvalue weighted by Gasteiger charge is 2.25. The molecule has 1 aliphatic rings. The zero-order chi connectivity index (χ0) is 27.8. The van der Waals surface area contributed by atoms with Gasteiger partial charge in [0.05, 0.1) is 33.1 Å². The van der Waals surface area contributed by atoms with E-state index in [0.717, 1.165) is 12.8 Å². The molecule has 4 rings (SSSR count). The van der Waals surface area contributed by atoms with E-state index in [4.69, 9.17) is 23.1 Å². The van der Waals surface area contributed by atoms with Crippen molar-refractivity contribution >= 4 is 21.8 Å². The van der Waals surface area contributed by atoms with Crippen molar-refractivity contribution in [1.29, 1.82) is 0 Å². The molecule has 2 amide bonds. The number of ether oxygens (including phenoxy) is 4. The Morgan fingerprint density at radius 3 is 2.36 bits per heavy atom. The van der Waals surface area contributed by atoms with Crippen LogP contribution in [0.25, 0.3) is 0 Å². The van der Waals surface area contributed by atoms with Gasteiger partial charge in [-0.25, -0.2) is 4.79 Å². The molecule has 3 aromatic carbocycles. The number of anilines is 1. The molecule has 0 saturated carbocycles. The molecular weight excluding hydrogens is 524 g/mol. The van der Waals surface area contributed by atoms with Crippen molar-refractivity contribution in [1.82, 2.24) is 4.90 Å². The molecule has 1 heterocycles. The van der Waals surface area contributed by atoms with E-state index in [1.54, 1.807) is 41.3 Å². The maximum Gasteiger partial charge on any atom is 0.339 e. The van der Waals surface area contributed by atoms with Gasteiger partial charge in [-0.15, -0.1) is 0 Å². The minimum atomic E-state index is -4.16. The van der Waals surface area contributed by atoms with Crippen LogP contribution in [0.4, 0.5) is 10.5 Å². The summed E-state index contributed by atoms with van der Waals surface area (Å²) < 4.78 is 53.0. The van der Waals surface area contributed by atoms with Crippen molar-refractivity contribution in [3.63, 3.8) is 0 Å². The molecule has 0 unspecified atom stereocenters. The highest BCUT2D eigenvalue weighted by molar-refractivity contribution is 7.87. The quantitative estimate of drug-likeness (QED) is 0.339. The van der Waals surface area contributed by atoms with Crippen molar-refractivity contribution in [2.75, 3.05) is 39.8 Å². The van der Waals surface area contributed by atoms with Gasteiger partial charge in [-0.3, -0.25) is 0 Å². The highest BCUT2D eigenvalue weighted by Crippen LogP contribution is 2.32. The molecule has 10 nitrogen and oxygen atoms in total. The lowest BCUT2D eigenvalue weighted by Gasteiger charge is -2.26. The first-order valence-corrected chi connectivity index (χ1v) is 13.8. The second-order valence-corrected chi connectivity index (χ2v) is 10.4. The lowest BCUT2D eigenvalue weighted by atomic mass is 10.1. The zero-order valence-electron chi connectivity index (χ0n) is 22.1. The van der Waals surface area contributed by atoms with Gasteiger partial charge < -0.3 is 33.3 Å². The third-order valence-electron chi connectivity index (χ3n) is 6.23. The van der Waals surface area contributed by atoms with Crippen LogP contribution in [0, 0.1) is 0 Å². The van der Waals surface area contributed by atoms with Gasteiger partial charge in [-0.1, -0.05) is 18.2 Å². The number of hydrogen-bond acceptors (Lipinski definition) is 8. The summed E-state index contributed by atoms with van der Waals surface area (Å²) in [6.07, 6.45) is 1.67. The number of carbonyl (C=O) groups is 1. The summed E-state index contributed by atoms with van der Waals surface area (Å²) >= 11 is 0. The van der Waals surface area contributed by atoms with E-state index < -0.39 is 10.1 Å². The minimum Gasteiger partial charge on any atom is -0.497 e. The van der Waals surface area contributed by atoms with Crippen LogP contribution in [0.2, 0.25) is 0 Å². The van der Waals surface area contributed by atoms with Crippen molar-refractivity contribution < 1.29 is 36.3 Å². The number of rotatable bonds is 11. The first-order chi connectivity index (χ1) is 18.8. The van der Waals surface area contributed by atoms with Crippen LogP contribution in [-0.4, -0.2) is 59.9 Å². The average Bonchev–Trinajstić information content (AvgIpc) is 3.46. The summed E-state index contributed by atoms with van der Waals surface area (Å²) in [4.78, 5) is 15.0. The van der Waals surface area contributed by atoms with Crippen molar-refractivity contribution in [3.05, 3.63) is 72.3 Å². The van der Waals surface area contributed by atoms with Crippen molar-refractivity contribution in [2.45, 2.75) is 30.4 Å². The number of amides is 2. The molecule has 1 fully saturated rings. The number of benzene rings is 3. The summed E-state index contributed by atoms with van der Waals surface area (Å²) in [7, 11) is 0.292. The fourth-order valence-electron chi connectivity index (χ4n) is 4.21.